The molecule has 0 saturated heterocycles. The van der Waals surface area contributed by atoms with Crippen LogP contribution >= 0.6 is 0 Å². The summed E-state index contributed by atoms with van der Waals surface area (Å²) in [5.41, 5.74) is 0. The quantitative estimate of drug-likeness (QED) is 0.433. The fraction of sp³-hybridized carbons (Fsp3) is 0.500. The minimum Gasteiger partial charge on any atom is -0.293 e. The van der Waals surface area contributed by atoms with Crippen molar-refractivity contribution in [3.05, 3.63) is 0 Å². The second-order valence-corrected chi connectivity index (χ2v) is 3.15. The van der Waals surface area contributed by atoms with Crippen molar-refractivity contribution in [3.8, 4) is 37.0 Å². The van der Waals surface area contributed by atoms with Crippen molar-refractivity contribution in [2.75, 3.05) is 26.2 Å². The van der Waals surface area contributed by atoms with Gasteiger partial charge in [-0.3, -0.25) is 4.48 Å². The van der Waals surface area contributed by atoms with Crippen molar-refractivity contribution < 1.29 is 4.48 Å². The molecular formula is C12H16N+. The third-order valence-electron chi connectivity index (χ3n) is 1.98. The number of hydrogen-bond acceptors (Lipinski definition) is 0. The first kappa shape index (κ1) is 11.6. The Kier molecular flexibility index (Phi) is 5.54. The average Bonchev–Trinajstić information content (AvgIpc) is 2.06. The molecular weight excluding hydrogens is 158 g/mol. The second-order valence-electron chi connectivity index (χ2n) is 3.15. The van der Waals surface area contributed by atoms with E-state index in [2.05, 4.69) is 24.7 Å². The van der Waals surface area contributed by atoms with E-state index in [0.29, 0.717) is 24.1 Å². The summed E-state index contributed by atoms with van der Waals surface area (Å²) in [6.07, 6.45) is 17.0. The first-order valence-electron chi connectivity index (χ1n) is 4.40. The van der Waals surface area contributed by atoms with Gasteiger partial charge in [0.1, 0.15) is 19.6 Å². The van der Waals surface area contributed by atoms with E-state index in [1.807, 2.05) is 0 Å². The lowest BCUT2D eigenvalue weighted by molar-refractivity contribution is -0.908. The van der Waals surface area contributed by atoms with Crippen molar-refractivity contribution in [1.82, 2.24) is 0 Å². The van der Waals surface area contributed by atoms with Gasteiger partial charge in [0.25, 0.3) is 0 Å². The summed E-state index contributed by atoms with van der Waals surface area (Å²) in [5, 5.41) is 0. The van der Waals surface area contributed by atoms with Crippen LogP contribution in [0.1, 0.15) is 13.3 Å². The molecule has 0 bridgehead atoms. The van der Waals surface area contributed by atoms with Gasteiger partial charge >= 0.3 is 0 Å². The zero-order chi connectivity index (χ0) is 10.2. The lowest BCUT2D eigenvalue weighted by Crippen LogP contribution is -2.49. The van der Waals surface area contributed by atoms with Crippen LogP contribution in [0.5, 0.6) is 0 Å². The number of quaternary nitrogens is 1. The Labute approximate surface area is 81.7 Å². The first-order valence-corrected chi connectivity index (χ1v) is 4.40. The summed E-state index contributed by atoms with van der Waals surface area (Å²) >= 11 is 0. The van der Waals surface area contributed by atoms with Crippen molar-refractivity contribution in [2.24, 2.45) is 0 Å². The van der Waals surface area contributed by atoms with Crippen molar-refractivity contribution in [3.63, 3.8) is 0 Å². The van der Waals surface area contributed by atoms with E-state index in [1.54, 1.807) is 0 Å². The molecule has 0 amide bonds. The van der Waals surface area contributed by atoms with Gasteiger partial charge in [-0.15, -0.1) is 19.3 Å². The van der Waals surface area contributed by atoms with Gasteiger partial charge in [-0.25, -0.2) is 0 Å². The minimum atomic E-state index is 0.627. The predicted octanol–water partition coefficient (Wildman–Crippen LogP) is 1.11. The Morgan fingerprint density at radius 3 is 1.54 bits per heavy atom. The SMILES string of the molecule is C#CC[N+](CC#C)(CC#C)CCC. The standard InChI is InChI=1S/C12H16N/c1-5-9-13(10-6-2,11-7-3)12-8-4/h1-3H,8-12H2,4H3/q+1. The van der Waals surface area contributed by atoms with Crippen molar-refractivity contribution in [2.45, 2.75) is 13.3 Å². The second kappa shape index (κ2) is 6.19. The highest BCUT2D eigenvalue weighted by Gasteiger charge is 2.22. The molecule has 0 aliphatic rings. The molecule has 0 N–H and O–H groups in total. The van der Waals surface area contributed by atoms with E-state index >= 15 is 0 Å². The average molecular weight is 174 g/mol. The molecule has 0 aromatic rings. The molecule has 1 nitrogen and oxygen atoms in total. The molecule has 0 fully saturated rings. The molecule has 0 aliphatic carbocycles. The van der Waals surface area contributed by atoms with E-state index in [4.69, 9.17) is 19.3 Å². The van der Waals surface area contributed by atoms with Gasteiger partial charge in [-0.2, -0.15) is 0 Å². The van der Waals surface area contributed by atoms with Crippen LogP contribution in [0.15, 0.2) is 0 Å². The van der Waals surface area contributed by atoms with Gasteiger partial charge < -0.3 is 0 Å². The predicted molar refractivity (Wildman–Crippen MR) is 56.5 cm³/mol. The summed E-state index contributed by atoms with van der Waals surface area (Å²) in [6, 6.07) is 0. The van der Waals surface area contributed by atoms with Crippen LogP contribution in [0.25, 0.3) is 0 Å². The Hall–Kier alpha value is -1.36. The van der Waals surface area contributed by atoms with E-state index in [-0.39, 0.29) is 0 Å². The Morgan fingerprint density at radius 1 is 0.923 bits per heavy atom. The molecule has 0 spiro atoms. The summed E-state index contributed by atoms with van der Waals surface area (Å²) < 4.78 is 0.667. The third kappa shape index (κ3) is 3.71. The number of terminal acetylenes is 3. The first-order chi connectivity index (χ1) is 6.24. The lowest BCUT2D eigenvalue weighted by Gasteiger charge is -2.33. The zero-order valence-electron chi connectivity index (χ0n) is 8.21. The highest BCUT2D eigenvalue weighted by molar-refractivity contribution is 4.92. The molecule has 0 aromatic heterocycles. The fourth-order valence-corrected chi connectivity index (χ4v) is 1.46. The van der Waals surface area contributed by atoms with E-state index in [0.717, 1.165) is 13.0 Å². The van der Waals surface area contributed by atoms with Crippen LogP contribution in [0, 0.1) is 37.0 Å². The van der Waals surface area contributed by atoms with Crippen LogP contribution in [-0.2, 0) is 0 Å². The molecule has 0 aliphatic heterocycles. The van der Waals surface area contributed by atoms with Crippen LogP contribution in [0.2, 0.25) is 0 Å². The monoisotopic (exact) mass is 174 g/mol. The maximum atomic E-state index is 5.30. The van der Waals surface area contributed by atoms with Gasteiger partial charge in [0.05, 0.1) is 6.54 Å². The topological polar surface area (TPSA) is 0 Å². The van der Waals surface area contributed by atoms with Gasteiger partial charge in [-0.05, 0) is 24.2 Å². The summed E-state index contributed by atoms with van der Waals surface area (Å²) in [5.74, 6) is 7.93. The number of nitrogens with zero attached hydrogens (tertiary/aromatic N) is 1. The molecule has 0 heterocycles. The molecule has 0 atom stereocenters. The Bertz CT molecular complexity index is 216. The molecule has 0 unspecified atom stereocenters. The van der Waals surface area contributed by atoms with E-state index in [1.165, 1.54) is 0 Å². The number of hydrogen-bond donors (Lipinski definition) is 0. The van der Waals surface area contributed by atoms with Gasteiger partial charge in [-0.1, -0.05) is 6.92 Å². The molecule has 0 rings (SSSR count). The molecule has 1 heteroatoms. The Morgan fingerprint density at radius 2 is 1.31 bits per heavy atom. The molecule has 0 radical (unpaired) electrons. The minimum absolute atomic E-state index is 0.627. The third-order valence-corrected chi connectivity index (χ3v) is 1.98. The zero-order valence-corrected chi connectivity index (χ0v) is 8.21. The Balaban J connectivity index is 4.53. The van der Waals surface area contributed by atoms with Crippen LogP contribution in [0.4, 0.5) is 0 Å². The summed E-state index contributed by atoms with van der Waals surface area (Å²) in [4.78, 5) is 0. The lowest BCUT2D eigenvalue weighted by atomic mass is 10.3. The highest BCUT2D eigenvalue weighted by atomic mass is 15.3. The smallest absolute Gasteiger partial charge is 0.142 e. The largest absolute Gasteiger partial charge is 0.293 e. The summed E-state index contributed by atoms with van der Waals surface area (Å²) in [6.45, 7) is 4.95. The van der Waals surface area contributed by atoms with Gasteiger partial charge in [0.15, 0.2) is 0 Å². The van der Waals surface area contributed by atoms with E-state index < -0.39 is 0 Å². The molecule has 68 valence electrons. The fourth-order valence-electron chi connectivity index (χ4n) is 1.46. The van der Waals surface area contributed by atoms with Crippen LogP contribution in [-0.4, -0.2) is 30.7 Å². The van der Waals surface area contributed by atoms with Crippen LogP contribution in [0.3, 0.4) is 0 Å². The maximum absolute atomic E-state index is 5.30. The van der Waals surface area contributed by atoms with Crippen molar-refractivity contribution in [1.29, 1.82) is 0 Å². The highest BCUT2D eigenvalue weighted by Crippen LogP contribution is 2.06. The van der Waals surface area contributed by atoms with Crippen molar-refractivity contribution >= 4 is 0 Å². The molecule has 0 saturated carbocycles. The van der Waals surface area contributed by atoms with E-state index in [9.17, 15) is 0 Å². The molecule has 13 heavy (non-hydrogen) atoms. The summed E-state index contributed by atoms with van der Waals surface area (Å²) in [7, 11) is 0. The van der Waals surface area contributed by atoms with Crippen LogP contribution < -0.4 is 0 Å². The van der Waals surface area contributed by atoms with Gasteiger partial charge in [0, 0.05) is 0 Å². The van der Waals surface area contributed by atoms with Gasteiger partial charge in [0.2, 0.25) is 0 Å². The molecule has 0 aromatic carbocycles. The normalized spacial score (nSPS) is 9.69. The maximum Gasteiger partial charge on any atom is 0.142 e. The number of rotatable bonds is 5.